The van der Waals surface area contributed by atoms with Gasteiger partial charge in [0.1, 0.15) is 5.82 Å². The summed E-state index contributed by atoms with van der Waals surface area (Å²) >= 11 is 0. The highest BCUT2D eigenvalue weighted by molar-refractivity contribution is 6.00. The highest BCUT2D eigenvalue weighted by Crippen LogP contribution is 2.29. The first-order valence-corrected chi connectivity index (χ1v) is 6.75. The number of carbonyl (C=O) groups excluding carboxylic acids is 1. The summed E-state index contributed by atoms with van der Waals surface area (Å²) in [6.07, 6.45) is 0. The van der Waals surface area contributed by atoms with Gasteiger partial charge in [0.15, 0.2) is 0 Å². The zero-order valence-electron chi connectivity index (χ0n) is 12.6. The number of carbonyl (C=O) groups is 1. The number of hydrogen-bond donors (Lipinski definition) is 2. The molecule has 0 spiro atoms. The van der Waals surface area contributed by atoms with Crippen molar-refractivity contribution in [3.63, 3.8) is 0 Å². The van der Waals surface area contributed by atoms with Crippen LogP contribution in [-0.4, -0.2) is 17.9 Å². The quantitative estimate of drug-likeness (QED) is 0.899. The van der Waals surface area contributed by atoms with Crippen LogP contribution in [0.2, 0.25) is 0 Å². The van der Waals surface area contributed by atoms with E-state index in [4.69, 9.17) is 11.5 Å². The summed E-state index contributed by atoms with van der Waals surface area (Å²) in [6, 6.07) is 9.62. The molecule has 0 unspecified atom stereocenters. The predicted molar refractivity (Wildman–Crippen MR) is 84.6 cm³/mol. The number of benzene rings is 1. The summed E-state index contributed by atoms with van der Waals surface area (Å²) in [7, 11) is 1.86. The second-order valence-electron chi connectivity index (χ2n) is 5.04. The van der Waals surface area contributed by atoms with Gasteiger partial charge >= 0.3 is 0 Å². The molecule has 5 heteroatoms. The molecule has 0 aliphatic heterocycles. The van der Waals surface area contributed by atoms with E-state index in [0.717, 1.165) is 22.5 Å². The zero-order valence-corrected chi connectivity index (χ0v) is 12.6. The van der Waals surface area contributed by atoms with Crippen LogP contribution in [0.3, 0.4) is 0 Å². The maximum Gasteiger partial charge on any atom is 0.252 e. The van der Waals surface area contributed by atoms with Gasteiger partial charge in [-0.3, -0.25) is 4.79 Å². The fourth-order valence-corrected chi connectivity index (χ4v) is 2.49. The Morgan fingerprint density at radius 1 is 1.29 bits per heavy atom. The molecule has 0 atom stereocenters. The van der Waals surface area contributed by atoms with Crippen LogP contribution in [0.5, 0.6) is 0 Å². The van der Waals surface area contributed by atoms with Crippen molar-refractivity contribution in [3.05, 3.63) is 52.7 Å². The van der Waals surface area contributed by atoms with Crippen LogP contribution in [0.15, 0.2) is 30.3 Å². The lowest BCUT2D eigenvalue weighted by atomic mass is 10.1. The topological polar surface area (TPSA) is 85.2 Å². The smallest absolute Gasteiger partial charge is 0.252 e. The van der Waals surface area contributed by atoms with E-state index < -0.39 is 5.91 Å². The van der Waals surface area contributed by atoms with Crippen molar-refractivity contribution in [2.24, 2.45) is 11.5 Å². The molecule has 4 N–H and O–H groups in total. The number of aryl methyl sites for hydroxylation is 2. The first-order valence-electron chi connectivity index (χ1n) is 6.75. The first-order chi connectivity index (χ1) is 9.95. The van der Waals surface area contributed by atoms with Gasteiger partial charge in [-0.1, -0.05) is 18.2 Å². The van der Waals surface area contributed by atoms with Crippen LogP contribution in [0, 0.1) is 13.8 Å². The molecule has 2 rings (SSSR count). The Morgan fingerprint density at radius 2 is 1.95 bits per heavy atom. The number of primary amides is 1. The molecule has 2 aromatic rings. The lowest BCUT2D eigenvalue weighted by Gasteiger charge is -2.24. The molecule has 1 aromatic carbocycles. The monoisotopic (exact) mass is 284 g/mol. The maximum atomic E-state index is 11.8. The second kappa shape index (κ2) is 5.93. The summed E-state index contributed by atoms with van der Waals surface area (Å²) in [6.45, 7) is 4.17. The summed E-state index contributed by atoms with van der Waals surface area (Å²) in [5.41, 5.74) is 15.3. The van der Waals surface area contributed by atoms with Crippen LogP contribution < -0.4 is 16.4 Å². The van der Waals surface area contributed by atoms with Crippen molar-refractivity contribution in [3.8, 4) is 0 Å². The number of nitrogens with zero attached hydrogens (tertiary/aromatic N) is 2. The van der Waals surface area contributed by atoms with Crippen molar-refractivity contribution in [1.82, 2.24) is 4.98 Å². The van der Waals surface area contributed by atoms with E-state index in [1.165, 1.54) is 0 Å². The molecular weight excluding hydrogens is 264 g/mol. The van der Waals surface area contributed by atoms with Crippen molar-refractivity contribution in [1.29, 1.82) is 0 Å². The number of pyridine rings is 1. The minimum atomic E-state index is -0.480. The van der Waals surface area contributed by atoms with Gasteiger partial charge in [0.2, 0.25) is 0 Å². The fourth-order valence-electron chi connectivity index (χ4n) is 2.49. The molecule has 0 aliphatic rings. The van der Waals surface area contributed by atoms with E-state index in [2.05, 4.69) is 4.98 Å². The Balaban J connectivity index is 2.63. The highest BCUT2D eigenvalue weighted by Gasteiger charge is 2.19. The average molecular weight is 284 g/mol. The molecule has 0 saturated heterocycles. The Bertz CT molecular complexity index is 682. The molecule has 1 heterocycles. The van der Waals surface area contributed by atoms with Gasteiger partial charge in [0.25, 0.3) is 5.91 Å². The summed E-state index contributed by atoms with van der Waals surface area (Å²) in [5.74, 6) is 0.0768. The van der Waals surface area contributed by atoms with Gasteiger partial charge in [-0.25, -0.2) is 4.98 Å². The van der Waals surface area contributed by atoms with E-state index in [9.17, 15) is 4.79 Å². The van der Waals surface area contributed by atoms with Gasteiger partial charge in [-0.05, 0) is 37.1 Å². The highest BCUT2D eigenvalue weighted by atomic mass is 16.1. The third kappa shape index (κ3) is 2.87. The number of para-hydroxylation sites is 1. The standard InChI is InChI=1S/C16H20N4O/c1-10-8-11(2)19-16(14(10)15(18)21)20(3)13-7-5-4-6-12(13)9-17/h4-8H,9,17H2,1-3H3,(H2,18,21). The van der Waals surface area contributed by atoms with Crippen LogP contribution >= 0.6 is 0 Å². The van der Waals surface area contributed by atoms with E-state index in [-0.39, 0.29) is 0 Å². The number of anilines is 2. The molecule has 0 aliphatic carbocycles. The number of hydrogen-bond acceptors (Lipinski definition) is 4. The maximum absolute atomic E-state index is 11.8. The van der Waals surface area contributed by atoms with Crippen LogP contribution in [0.4, 0.5) is 11.5 Å². The molecule has 0 radical (unpaired) electrons. The zero-order chi connectivity index (χ0) is 15.6. The van der Waals surface area contributed by atoms with Gasteiger partial charge in [-0.15, -0.1) is 0 Å². The Kier molecular flexibility index (Phi) is 4.23. The third-order valence-corrected chi connectivity index (χ3v) is 3.46. The minimum absolute atomic E-state index is 0.414. The molecule has 110 valence electrons. The molecule has 21 heavy (non-hydrogen) atoms. The van der Waals surface area contributed by atoms with E-state index >= 15 is 0 Å². The molecule has 0 fully saturated rings. The molecule has 0 bridgehead atoms. The van der Waals surface area contributed by atoms with Gasteiger partial charge < -0.3 is 16.4 Å². The largest absolute Gasteiger partial charge is 0.365 e. The van der Waals surface area contributed by atoms with Crippen molar-refractivity contribution < 1.29 is 4.79 Å². The van der Waals surface area contributed by atoms with Gasteiger partial charge in [-0.2, -0.15) is 0 Å². The van der Waals surface area contributed by atoms with Crippen molar-refractivity contribution in [2.45, 2.75) is 20.4 Å². The first kappa shape index (κ1) is 15.0. The summed E-state index contributed by atoms with van der Waals surface area (Å²) in [4.78, 5) is 18.1. The third-order valence-electron chi connectivity index (χ3n) is 3.46. The predicted octanol–water partition coefficient (Wildman–Crippen LogP) is 2.02. The Hall–Kier alpha value is -2.40. The summed E-state index contributed by atoms with van der Waals surface area (Å²) in [5, 5.41) is 0. The van der Waals surface area contributed by atoms with E-state index in [1.807, 2.05) is 56.1 Å². The fraction of sp³-hybridized carbons (Fsp3) is 0.250. The minimum Gasteiger partial charge on any atom is -0.365 e. The van der Waals surface area contributed by atoms with Crippen LogP contribution in [0.25, 0.3) is 0 Å². The van der Waals surface area contributed by atoms with Crippen molar-refractivity contribution >= 4 is 17.4 Å². The van der Waals surface area contributed by atoms with E-state index in [1.54, 1.807) is 0 Å². The normalized spacial score (nSPS) is 10.5. The van der Waals surface area contributed by atoms with E-state index in [0.29, 0.717) is 17.9 Å². The lowest BCUT2D eigenvalue weighted by molar-refractivity contribution is 0.1000. The molecule has 0 saturated carbocycles. The Morgan fingerprint density at radius 3 is 2.57 bits per heavy atom. The van der Waals surface area contributed by atoms with Gasteiger partial charge in [0, 0.05) is 25.0 Å². The molecular formula is C16H20N4O. The number of aromatic nitrogens is 1. The molecule has 5 nitrogen and oxygen atoms in total. The van der Waals surface area contributed by atoms with Crippen LogP contribution in [-0.2, 0) is 6.54 Å². The average Bonchev–Trinajstić information content (AvgIpc) is 2.45. The molecule has 1 amide bonds. The summed E-state index contributed by atoms with van der Waals surface area (Å²) < 4.78 is 0. The SMILES string of the molecule is Cc1cc(C)c(C(N)=O)c(N(C)c2ccccc2CN)n1. The number of rotatable bonds is 4. The van der Waals surface area contributed by atoms with Crippen LogP contribution in [0.1, 0.15) is 27.2 Å². The lowest BCUT2D eigenvalue weighted by Crippen LogP contribution is -2.22. The Labute approximate surface area is 124 Å². The number of nitrogens with two attached hydrogens (primary N) is 2. The second-order valence-corrected chi connectivity index (χ2v) is 5.04. The molecule has 1 aromatic heterocycles. The van der Waals surface area contributed by atoms with Crippen molar-refractivity contribution in [2.75, 3.05) is 11.9 Å². The number of amides is 1. The van der Waals surface area contributed by atoms with Gasteiger partial charge in [0.05, 0.1) is 5.56 Å².